The van der Waals surface area contributed by atoms with Gasteiger partial charge in [-0.25, -0.2) is 0 Å². The van der Waals surface area contributed by atoms with Crippen molar-refractivity contribution in [3.63, 3.8) is 0 Å². The summed E-state index contributed by atoms with van der Waals surface area (Å²) < 4.78 is 5.57. The fraction of sp³-hybridized carbons (Fsp3) is 0.550. The molecule has 0 aliphatic carbocycles. The molecule has 0 aliphatic rings. The van der Waals surface area contributed by atoms with Crippen LogP contribution in [0.2, 0.25) is 0 Å². The van der Waals surface area contributed by atoms with Crippen LogP contribution in [0.25, 0.3) is 10.9 Å². The molecule has 0 amide bonds. The van der Waals surface area contributed by atoms with E-state index in [4.69, 9.17) is 4.74 Å². The summed E-state index contributed by atoms with van der Waals surface area (Å²) in [7, 11) is 1.81. The van der Waals surface area contributed by atoms with Crippen LogP contribution in [0.1, 0.15) is 37.3 Å². The van der Waals surface area contributed by atoms with E-state index in [1.54, 1.807) is 0 Å². The van der Waals surface area contributed by atoms with Gasteiger partial charge in [0.2, 0.25) is 0 Å². The first-order valence-corrected chi connectivity index (χ1v) is 9.34. The van der Waals surface area contributed by atoms with Crippen LogP contribution in [0, 0.1) is 6.92 Å². The summed E-state index contributed by atoms with van der Waals surface area (Å²) in [6.45, 7) is 7.72. The minimum Gasteiger partial charge on any atom is -0.381 e. The minimum atomic E-state index is 0.804. The van der Waals surface area contributed by atoms with Gasteiger partial charge in [-0.15, -0.1) is 0 Å². The van der Waals surface area contributed by atoms with Gasteiger partial charge in [0.15, 0.2) is 5.96 Å². The molecule has 0 saturated heterocycles. The third kappa shape index (κ3) is 6.09. The van der Waals surface area contributed by atoms with Crippen molar-refractivity contribution in [3.05, 3.63) is 35.5 Å². The molecule has 1 aromatic carbocycles. The van der Waals surface area contributed by atoms with Gasteiger partial charge in [-0.1, -0.05) is 31.5 Å². The van der Waals surface area contributed by atoms with E-state index in [2.05, 4.69) is 58.9 Å². The topological polar surface area (TPSA) is 61.4 Å². The molecule has 5 nitrogen and oxygen atoms in total. The van der Waals surface area contributed by atoms with E-state index in [0.717, 1.165) is 51.5 Å². The Morgan fingerprint density at radius 2 is 1.96 bits per heavy atom. The Bertz CT molecular complexity index is 663. The molecule has 1 heterocycles. The Balaban J connectivity index is 1.68. The third-order valence-electron chi connectivity index (χ3n) is 4.32. The van der Waals surface area contributed by atoms with Crippen LogP contribution in [-0.4, -0.2) is 44.3 Å². The Morgan fingerprint density at radius 3 is 2.76 bits per heavy atom. The summed E-state index contributed by atoms with van der Waals surface area (Å²) in [6, 6.07) is 6.43. The number of rotatable bonds is 10. The van der Waals surface area contributed by atoms with Crippen LogP contribution in [0.4, 0.5) is 0 Å². The maximum atomic E-state index is 5.57. The standard InChI is InChI=1S/C20H32N4O/c1-4-5-13-25-14-7-11-22-20(21-3)23-12-10-17-15-24-19-16(2)8-6-9-18(17)19/h6,8-9,15,24H,4-5,7,10-14H2,1-3H3,(H2,21,22,23). The molecule has 2 aromatic rings. The normalized spacial score (nSPS) is 11.9. The van der Waals surface area contributed by atoms with Crippen molar-refractivity contribution in [2.75, 3.05) is 33.4 Å². The number of nitrogens with one attached hydrogen (secondary N) is 3. The minimum absolute atomic E-state index is 0.804. The van der Waals surface area contributed by atoms with Gasteiger partial charge in [0.05, 0.1) is 0 Å². The molecule has 2 rings (SSSR count). The molecule has 0 unspecified atom stereocenters. The number of hydrogen-bond donors (Lipinski definition) is 3. The Kier molecular flexibility index (Phi) is 8.32. The molecule has 5 heteroatoms. The van der Waals surface area contributed by atoms with Crippen LogP contribution < -0.4 is 10.6 Å². The number of benzene rings is 1. The molecule has 0 atom stereocenters. The van der Waals surface area contributed by atoms with Crippen LogP contribution in [0.5, 0.6) is 0 Å². The summed E-state index contributed by atoms with van der Waals surface area (Å²) in [5.74, 6) is 0.851. The average molecular weight is 345 g/mol. The summed E-state index contributed by atoms with van der Waals surface area (Å²) in [6.07, 6.45) is 6.40. The van der Waals surface area contributed by atoms with Gasteiger partial charge in [-0.05, 0) is 37.3 Å². The molecular formula is C20H32N4O. The highest BCUT2D eigenvalue weighted by molar-refractivity contribution is 5.86. The second-order valence-corrected chi connectivity index (χ2v) is 6.31. The van der Waals surface area contributed by atoms with Gasteiger partial charge >= 0.3 is 0 Å². The molecule has 0 bridgehead atoms. The summed E-state index contributed by atoms with van der Waals surface area (Å²) in [5.41, 5.74) is 3.87. The van der Waals surface area contributed by atoms with Crippen molar-refractivity contribution in [3.8, 4) is 0 Å². The van der Waals surface area contributed by atoms with Crippen molar-refractivity contribution < 1.29 is 4.74 Å². The molecule has 0 saturated carbocycles. The van der Waals surface area contributed by atoms with E-state index in [0.29, 0.717) is 0 Å². The Morgan fingerprint density at radius 1 is 1.16 bits per heavy atom. The summed E-state index contributed by atoms with van der Waals surface area (Å²) >= 11 is 0. The first kappa shape index (κ1) is 19.3. The van der Waals surface area contributed by atoms with Crippen LogP contribution in [-0.2, 0) is 11.2 Å². The van der Waals surface area contributed by atoms with E-state index in [1.165, 1.54) is 28.5 Å². The van der Waals surface area contributed by atoms with Crippen molar-refractivity contribution >= 4 is 16.9 Å². The molecule has 3 N–H and O–H groups in total. The molecule has 0 fully saturated rings. The van der Waals surface area contributed by atoms with Gasteiger partial charge in [-0.2, -0.15) is 0 Å². The molecule has 0 radical (unpaired) electrons. The van der Waals surface area contributed by atoms with Crippen molar-refractivity contribution in [1.29, 1.82) is 0 Å². The largest absolute Gasteiger partial charge is 0.381 e. The predicted octanol–water partition coefficient (Wildman–Crippen LogP) is 3.39. The summed E-state index contributed by atoms with van der Waals surface area (Å²) in [4.78, 5) is 7.66. The van der Waals surface area contributed by atoms with Crippen LogP contribution >= 0.6 is 0 Å². The number of nitrogens with zero attached hydrogens (tertiary/aromatic N) is 1. The molecule has 138 valence electrons. The van der Waals surface area contributed by atoms with E-state index in [-0.39, 0.29) is 0 Å². The molecular weight excluding hydrogens is 312 g/mol. The SMILES string of the molecule is CCCCOCCCNC(=NC)NCCc1c[nH]c2c(C)cccc12. The number of unbranched alkanes of at least 4 members (excludes halogenated alkanes) is 1. The highest BCUT2D eigenvalue weighted by Gasteiger charge is 2.05. The number of aromatic nitrogens is 1. The maximum absolute atomic E-state index is 5.57. The lowest BCUT2D eigenvalue weighted by atomic mass is 10.1. The highest BCUT2D eigenvalue weighted by atomic mass is 16.5. The van der Waals surface area contributed by atoms with Gasteiger partial charge in [0, 0.05) is 50.5 Å². The predicted molar refractivity (Wildman–Crippen MR) is 106 cm³/mol. The monoisotopic (exact) mass is 344 g/mol. The zero-order chi connectivity index (χ0) is 17.9. The van der Waals surface area contributed by atoms with Gasteiger partial charge in [-0.3, -0.25) is 4.99 Å². The summed E-state index contributed by atoms with van der Waals surface area (Å²) in [5, 5.41) is 8.03. The smallest absolute Gasteiger partial charge is 0.190 e. The number of hydrogen-bond acceptors (Lipinski definition) is 2. The van der Waals surface area contributed by atoms with E-state index < -0.39 is 0 Å². The van der Waals surface area contributed by atoms with E-state index in [1.807, 2.05) is 7.05 Å². The lowest BCUT2D eigenvalue weighted by molar-refractivity contribution is 0.129. The third-order valence-corrected chi connectivity index (χ3v) is 4.32. The Labute approximate surface area is 151 Å². The number of guanidine groups is 1. The maximum Gasteiger partial charge on any atom is 0.190 e. The highest BCUT2D eigenvalue weighted by Crippen LogP contribution is 2.21. The zero-order valence-electron chi connectivity index (χ0n) is 15.8. The second-order valence-electron chi connectivity index (χ2n) is 6.31. The van der Waals surface area contributed by atoms with E-state index >= 15 is 0 Å². The van der Waals surface area contributed by atoms with Crippen LogP contribution in [0.15, 0.2) is 29.4 Å². The number of para-hydroxylation sites is 1. The number of H-pyrrole nitrogens is 1. The molecule has 1 aromatic heterocycles. The zero-order valence-corrected chi connectivity index (χ0v) is 15.8. The fourth-order valence-corrected chi connectivity index (χ4v) is 2.84. The lowest BCUT2D eigenvalue weighted by Gasteiger charge is -2.11. The number of ether oxygens (including phenoxy) is 1. The van der Waals surface area contributed by atoms with Crippen molar-refractivity contribution in [1.82, 2.24) is 15.6 Å². The van der Waals surface area contributed by atoms with Gasteiger partial charge < -0.3 is 20.4 Å². The number of aliphatic imine (C=N–C) groups is 1. The van der Waals surface area contributed by atoms with Gasteiger partial charge in [0.25, 0.3) is 0 Å². The van der Waals surface area contributed by atoms with Gasteiger partial charge in [0.1, 0.15) is 0 Å². The van der Waals surface area contributed by atoms with E-state index in [9.17, 15) is 0 Å². The quantitative estimate of drug-likeness (QED) is 0.352. The first-order chi connectivity index (χ1) is 12.3. The molecule has 0 aliphatic heterocycles. The van der Waals surface area contributed by atoms with Crippen molar-refractivity contribution in [2.45, 2.75) is 39.5 Å². The molecule has 0 spiro atoms. The average Bonchev–Trinajstić information content (AvgIpc) is 3.04. The first-order valence-electron chi connectivity index (χ1n) is 9.34. The molecule has 25 heavy (non-hydrogen) atoms. The van der Waals surface area contributed by atoms with Crippen molar-refractivity contribution in [2.24, 2.45) is 4.99 Å². The number of aryl methyl sites for hydroxylation is 1. The second kappa shape index (κ2) is 10.8. The van der Waals surface area contributed by atoms with Crippen LogP contribution in [0.3, 0.4) is 0 Å². The number of fused-ring (bicyclic) bond motifs is 1. The Hall–Kier alpha value is -2.01. The number of aromatic amines is 1. The lowest BCUT2D eigenvalue weighted by Crippen LogP contribution is -2.39. The fourth-order valence-electron chi connectivity index (χ4n) is 2.84.